The first kappa shape index (κ1) is 35.2. The van der Waals surface area contributed by atoms with E-state index < -0.39 is 85.2 Å². The Morgan fingerprint density at radius 2 is 1.33 bits per heavy atom. The van der Waals surface area contributed by atoms with Crippen molar-refractivity contribution in [1.82, 2.24) is 26.6 Å². The maximum atomic E-state index is 12.9. The molecule has 0 aliphatic heterocycles. The molecule has 0 aromatic heterocycles. The summed E-state index contributed by atoms with van der Waals surface area (Å²) >= 11 is 0. The number of carboxylic acids is 2. The number of carbonyl (C=O) groups is 7. The zero-order valence-electron chi connectivity index (χ0n) is 23.0. The van der Waals surface area contributed by atoms with Crippen LogP contribution in [-0.4, -0.2) is 88.9 Å². The van der Waals surface area contributed by atoms with E-state index in [9.17, 15) is 33.6 Å². The van der Waals surface area contributed by atoms with Crippen LogP contribution in [0, 0.1) is 11.8 Å². The molecule has 0 rings (SSSR count). The molecule has 0 aliphatic rings. The minimum atomic E-state index is -1.34. The van der Waals surface area contributed by atoms with Gasteiger partial charge < -0.3 is 42.5 Å². The van der Waals surface area contributed by atoms with E-state index in [2.05, 4.69) is 26.6 Å². The van der Waals surface area contributed by atoms with Crippen molar-refractivity contribution in [2.45, 2.75) is 84.5 Å². The molecular weight excluding hydrogens is 516 g/mol. The van der Waals surface area contributed by atoms with Gasteiger partial charge in [0.2, 0.25) is 29.5 Å². The molecular formula is C24H42N6O9. The maximum absolute atomic E-state index is 12.9. The fourth-order valence-corrected chi connectivity index (χ4v) is 3.33. The molecule has 0 heterocycles. The van der Waals surface area contributed by atoms with E-state index in [0.717, 1.165) is 0 Å². The minimum absolute atomic E-state index is 0.175. The van der Waals surface area contributed by atoms with Gasteiger partial charge >= 0.3 is 11.9 Å². The predicted octanol–water partition coefficient (Wildman–Crippen LogP) is -1.94. The lowest BCUT2D eigenvalue weighted by Crippen LogP contribution is -2.57. The number of amides is 5. The molecule has 222 valence electrons. The summed E-state index contributed by atoms with van der Waals surface area (Å²) in [5.41, 5.74) is 5.92. The highest BCUT2D eigenvalue weighted by Gasteiger charge is 2.30. The molecule has 15 nitrogen and oxygen atoms in total. The Morgan fingerprint density at radius 1 is 0.744 bits per heavy atom. The van der Waals surface area contributed by atoms with Crippen LogP contribution in [0.5, 0.6) is 0 Å². The van der Waals surface area contributed by atoms with Crippen molar-refractivity contribution in [3.8, 4) is 0 Å². The molecule has 15 heteroatoms. The monoisotopic (exact) mass is 558 g/mol. The Bertz CT molecular complexity index is 895. The average molecular weight is 559 g/mol. The van der Waals surface area contributed by atoms with Crippen molar-refractivity contribution in [1.29, 1.82) is 0 Å². The standard InChI is InChI=1S/C24H42N6O9/c1-6-13(4)20(30-22(37)15(25)9-12(2)3)24(39)28-14(5)21(36)26-10-17(31)29-16(7-8-18(32)33)23(38)27-11-19(34)35/h12-16,20H,6-11,25H2,1-5H3,(H,26,36)(H,27,38)(H,28,39)(H,29,31)(H,30,37)(H,32,33)(H,34,35). The molecule has 9 N–H and O–H groups in total. The molecule has 5 atom stereocenters. The SMILES string of the molecule is CCC(C)C(NC(=O)C(N)CC(C)C)C(=O)NC(C)C(=O)NCC(=O)NC(CCC(=O)O)C(=O)NCC(=O)O. The van der Waals surface area contributed by atoms with Gasteiger partial charge in [-0.15, -0.1) is 0 Å². The molecule has 0 saturated carbocycles. The number of carboxylic acid groups (broad SMARTS) is 2. The number of nitrogens with one attached hydrogen (secondary N) is 5. The summed E-state index contributed by atoms with van der Waals surface area (Å²) in [7, 11) is 0. The van der Waals surface area contributed by atoms with Gasteiger partial charge in [0.05, 0.1) is 12.6 Å². The zero-order valence-corrected chi connectivity index (χ0v) is 23.0. The third kappa shape index (κ3) is 14.7. The summed E-state index contributed by atoms with van der Waals surface area (Å²) in [5.74, 6) is -6.22. The second kappa shape index (κ2) is 17.7. The van der Waals surface area contributed by atoms with Gasteiger partial charge in [-0.3, -0.25) is 33.6 Å². The van der Waals surface area contributed by atoms with Crippen molar-refractivity contribution in [3.63, 3.8) is 0 Å². The second-order valence-electron chi connectivity index (χ2n) is 9.72. The van der Waals surface area contributed by atoms with E-state index in [0.29, 0.717) is 12.8 Å². The molecule has 0 aromatic rings. The van der Waals surface area contributed by atoms with Gasteiger partial charge in [0, 0.05) is 6.42 Å². The molecule has 39 heavy (non-hydrogen) atoms. The Labute approximate surface area is 227 Å². The Kier molecular flexibility index (Phi) is 16.0. The summed E-state index contributed by atoms with van der Waals surface area (Å²) < 4.78 is 0. The largest absolute Gasteiger partial charge is 0.481 e. The van der Waals surface area contributed by atoms with Gasteiger partial charge in [-0.1, -0.05) is 34.1 Å². The Balaban J connectivity index is 5.06. The van der Waals surface area contributed by atoms with Crippen LogP contribution in [0.2, 0.25) is 0 Å². The van der Waals surface area contributed by atoms with Crippen LogP contribution < -0.4 is 32.3 Å². The first-order valence-corrected chi connectivity index (χ1v) is 12.7. The molecule has 0 fully saturated rings. The Morgan fingerprint density at radius 3 is 1.85 bits per heavy atom. The van der Waals surface area contributed by atoms with Crippen LogP contribution >= 0.6 is 0 Å². The van der Waals surface area contributed by atoms with Crippen LogP contribution in [0.1, 0.15) is 60.3 Å². The third-order valence-electron chi connectivity index (χ3n) is 5.74. The topological polar surface area (TPSA) is 246 Å². The predicted molar refractivity (Wildman–Crippen MR) is 139 cm³/mol. The van der Waals surface area contributed by atoms with E-state index in [1.165, 1.54) is 6.92 Å². The maximum Gasteiger partial charge on any atom is 0.322 e. The van der Waals surface area contributed by atoms with Crippen molar-refractivity contribution >= 4 is 41.5 Å². The second-order valence-corrected chi connectivity index (χ2v) is 9.72. The van der Waals surface area contributed by atoms with Gasteiger partial charge in [-0.25, -0.2) is 0 Å². The van der Waals surface area contributed by atoms with Crippen molar-refractivity contribution in [3.05, 3.63) is 0 Å². The molecule has 0 spiro atoms. The number of hydrogen-bond donors (Lipinski definition) is 8. The average Bonchev–Trinajstić information content (AvgIpc) is 2.85. The highest BCUT2D eigenvalue weighted by atomic mass is 16.4. The van der Waals surface area contributed by atoms with Crippen LogP contribution in [0.3, 0.4) is 0 Å². The summed E-state index contributed by atoms with van der Waals surface area (Å²) in [4.78, 5) is 83.7. The molecule has 5 unspecified atom stereocenters. The van der Waals surface area contributed by atoms with Crippen LogP contribution in [-0.2, 0) is 33.6 Å². The number of nitrogens with two attached hydrogens (primary N) is 1. The van der Waals surface area contributed by atoms with E-state index in [1.54, 1.807) is 6.92 Å². The summed E-state index contributed by atoms with van der Waals surface area (Å²) in [5, 5.41) is 29.3. The number of aliphatic carboxylic acids is 2. The minimum Gasteiger partial charge on any atom is -0.481 e. The van der Waals surface area contributed by atoms with Crippen molar-refractivity contribution < 1.29 is 43.8 Å². The van der Waals surface area contributed by atoms with Gasteiger partial charge in [-0.2, -0.15) is 0 Å². The highest BCUT2D eigenvalue weighted by molar-refractivity contribution is 5.95. The van der Waals surface area contributed by atoms with E-state index in [-0.39, 0.29) is 18.3 Å². The van der Waals surface area contributed by atoms with Gasteiger partial charge in [0.1, 0.15) is 24.7 Å². The van der Waals surface area contributed by atoms with E-state index >= 15 is 0 Å². The summed E-state index contributed by atoms with van der Waals surface area (Å²) in [6.45, 7) is 7.47. The first-order chi connectivity index (χ1) is 18.1. The lowest BCUT2D eigenvalue weighted by atomic mass is 9.96. The van der Waals surface area contributed by atoms with E-state index in [4.69, 9.17) is 15.9 Å². The molecule has 5 amide bonds. The molecule has 0 aromatic carbocycles. The van der Waals surface area contributed by atoms with Crippen LogP contribution in [0.15, 0.2) is 0 Å². The summed E-state index contributed by atoms with van der Waals surface area (Å²) in [6.07, 6.45) is 0.204. The molecule has 0 bridgehead atoms. The van der Waals surface area contributed by atoms with Gasteiger partial charge in [-0.05, 0) is 31.6 Å². The van der Waals surface area contributed by atoms with Gasteiger partial charge in [0.15, 0.2) is 0 Å². The van der Waals surface area contributed by atoms with E-state index in [1.807, 2.05) is 20.8 Å². The van der Waals surface area contributed by atoms with Crippen molar-refractivity contribution in [2.24, 2.45) is 17.6 Å². The molecule has 0 aliphatic carbocycles. The quantitative estimate of drug-likeness (QED) is 0.0924. The zero-order chi connectivity index (χ0) is 30.3. The van der Waals surface area contributed by atoms with Crippen LogP contribution in [0.25, 0.3) is 0 Å². The lowest BCUT2D eigenvalue weighted by Gasteiger charge is -2.26. The number of rotatable bonds is 18. The highest BCUT2D eigenvalue weighted by Crippen LogP contribution is 2.10. The first-order valence-electron chi connectivity index (χ1n) is 12.7. The fourth-order valence-electron chi connectivity index (χ4n) is 3.33. The lowest BCUT2D eigenvalue weighted by molar-refractivity contribution is -0.140. The van der Waals surface area contributed by atoms with Crippen molar-refractivity contribution in [2.75, 3.05) is 13.1 Å². The molecule has 0 saturated heterocycles. The Hall–Kier alpha value is -3.75. The summed E-state index contributed by atoms with van der Waals surface area (Å²) in [6, 6.07) is -4.18. The molecule has 0 radical (unpaired) electrons. The van der Waals surface area contributed by atoms with Crippen LogP contribution in [0.4, 0.5) is 0 Å². The van der Waals surface area contributed by atoms with Gasteiger partial charge in [0.25, 0.3) is 0 Å². The normalized spacial score (nSPS) is 14.6. The number of hydrogen-bond acceptors (Lipinski definition) is 8. The number of carbonyl (C=O) groups excluding carboxylic acids is 5. The third-order valence-corrected chi connectivity index (χ3v) is 5.74. The smallest absolute Gasteiger partial charge is 0.322 e. The fraction of sp³-hybridized carbons (Fsp3) is 0.708.